The quantitative estimate of drug-likeness (QED) is 0.923. The largest absolute Gasteiger partial charge is 0.381 e. The van der Waals surface area contributed by atoms with Crippen LogP contribution in [0, 0.1) is 5.92 Å². The summed E-state index contributed by atoms with van der Waals surface area (Å²) in [6, 6.07) is 1.11. The van der Waals surface area contributed by atoms with Crippen LogP contribution in [-0.2, 0) is 11.8 Å². The Hall–Kier alpha value is -0.910. The smallest absolute Gasteiger partial charge is 0.0946 e. The van der Waals surface area contributed by atoms with Crippen molar-refractivity contribution in [1.82, 2.24) is 19.8 Å². The van der Waals surface area contributed by atoms with E-state index in [9.17, 15) is 0 Å². The van der Waals surface area contributed by atoms with Crippen molar-refractivity contribution < 1.29 is 4.74 Å². The fraction of sp³-hybridized carbons (Fsp3) is 0.824. The van der Waals surface area contributed by atoms with E-state index in [1.54, 1.807) is 0 Å². The first kappa shape index (κ1) is 16.0. The molecule has 0 saturated carbocycles. The van der Waals surface area contributed by atoms with Crippen LogP contribution in [0.5, 0.6) is 0 Å². The molecule has 5 nitrogen and oxygen atoms in total. The number of hydrogen-bond acceptors (Lipinski definition) is 4. The fourth-order valence-corrected chi connectivity index (χ4v) is 4.02. The molecule has 0 bridgehead atoms. The molecule has 2 aliphatic rings. The highest BCUT2D eigenvalue weighted by Gasteiger charge is 2.32. The van der Waals surface area contributed by atoms with Gasteiger partial charge in [-0.25, -0.2) is 4.98 Å². The number of nitrogens with one attached hydrogen (secondary N) is 1. The van der Waals surface area contributed by atoms with Crippen molar-refractivity contribution in [3.63, 3.8) is 0 Å². The van der Waals surface area contributed by atoms with Crippen LogP contribution in [0.4, 0.5) is 0 Å². The first-order valence-electron chi connectivity index (χ1n) is 8.73. The molecule has 2 saturated heterocycles. The van der Waals surface area contributed by atoms with Crippen molar-refractivity contribution in [2.45, 2.75) is 44.2 Å². The van der Waals surface area contributed by atoms with Gasteiger partial charge in [-0.1, -0.05) is 0 Å². The molecule has 0 aromatic carbocycles. The Labute approximate surface area is 134 Å². The molecule has 0 spiro atoms. The Morgan fingerprint density at radius 3 is 2.95 bits per heavy atom. The standard InChI is InChI=1S/C17H30N4O/c1-20-8-3-5-14(17(20)16-12-18-13-21(16)2)11-19-15-6-4-9-22-10-7-15/h12-15,17,19H,3-11H2,1-2H3/t14-,15?,17+/m0/s1. The number of hydrogen-bond donors (Lipinski definition) is 1. The third-order valence-electron chi connectivity index (χ3n) is 5.28. The average molecular weight is 306 g/mol. The number of ether oxygens (including phenoxy) is 1. The van der Waals surface area contributed by atoms with Gasteiger partial charge in [0.25, 0.3) is 0 Å². The number of nitrogens with zero attached hydrogens (tertiary/aromatic N) is 3. The van der Waals surface area contributed by atoms with Gasteiger partial charge in [0.1, 0.15) is 0 Å². The van der Waals surface area contributed by atoms with Gasteiger partial charge in [-0.3, -0.25) is 4.90 Å². The molecular weight excluding hydrogens is 276 g/mol. The molecule has 2 fully saturated rings. The summed E-state index contributed by atoms with van der Waals surface area (Å²) in [6.07, 6.45) is 10.1. The summed E-state index contributed by atoms with van der Waals surface area (Å²) in [5.74, 6) is 0.665. The minimum atomic E-state index is 0.482. The molecule has 22 heavy (non-hydrogen) atoms. The molecule has 0 amide bonds. The summed E-state index contributed by atoms with van der Waals surface area (Å²) in [5.41, 5.74) is 1.35. The van der Waals surface area contributed by atoms with Gasteiger partial charge < -0.3 is 14.6 Å². The summed E-state index contributed by atoms with van der Waals surface area (Å²) >= 11 is 0. The summed E-state index contributed by atoms with van der Waals surface area (Å²) in [4.78, 5) is 6.83. The second-order valence-electron chi connectivity index (χ2n) is 6.91. The van der Waals surface area contributed by atoms with Crippen LogP contribution in [0.1, 0.15) is 43.8 Å². The first-order chi connectivity index (χ1) is 10.8. The van der Waals surface area contributed by atoms with Gasteiger partial charge in [-0.05, 0) is 51.6 Å². The average Bonchev–Trinajstić information content (AvgIpc) is 2.77. The van der Waals surface area contributed by atoms with E-state index in [1.807, 2.05) is 12.5 Å². The zero-order valence-corrected chi connectivity index (χ0v) is 14.0. The van der Waals surface area contributed by atoms with Gasteiger partial charge in [0.15, 0.2) is 0 Å². The maximum Gasteiger partial charge on any atom is 0.0946 e. The molecule has 0 aliphatic carbocycles. The maximum atomic E-state index is 5.57. The van der Waals surface area contributed by atoms with Crippen LogP contribution >= 0.6 is 0 Å². The minimum Gasteiger partial charge on any atom is -0.381 e. The van der Waals surface area contributed by atoms with E-state index in [4.69, 9.17) is 4.74 Å². The maximum absolute atomic E-state index is 5.57. The van der Waals surface area contributed by atoms with E-state index >= 15 is 0 Å². The van der Waals surface area contributed by atoms with Crippen LogP contribution in [0.2, 0.25) is 0 Å². The minimum absolute atomic E-state index is 0.482. The first-order valence-corrected chi connectivity index (χ1v) is 8.73. The molecule has 1 N–H and O–H groups in total. The predicted molar refractivity (Wildman–Crippen MR) is 87.8 cm³/mol. The van der Waals surface area contributed by atoms with Crippen LogP contribution in [0.3, 0.4) is 0 Å². The van der Waals surface area contributed by atoms with Crippen molar-refractivity contribution in [1.29, 1.82) is 0 Å². The van der Waals surface area contributed by atoms with Crippen molar-refractivity contribution in [3.8, 4) is 0 Å². The second kappa shape index (κ2) is 7.57. The molecule has 0 radical (unpaired) electrons. The summed E-state index contributed by atoms with van der Waals surface area (Å²) in [7, 11) is 4.36. The number of aryl methyl sites for hydroxylation is 1. The summed E-state index contributed by atoms with van der Waals surface area (Å²) in [5, 5.41) is 3.83. The lowest BCUT2D eigenvalue weighted by Gasteiger charge is -2.40. The molecule has 1 aromatic heterocycles. The Morgan fingerprint density at radius 2 is 2.14 bits per heavy atom. The van der Waals surface area contributed by atoms with E-state index < -0.39 is 0 Å². The van der Waals surface area contributed by atoms with Gasteiger partial charge in [-0.2, -0.15) is 0 Å². The second-order valence-corrected chi connectivity index (χ2v) is 6.91. The van der Waals surface area contributed by atoms with Crippen molar-refractivity contribution in [2.75, 3.05) is 33.4 Å². The van der Waals surface area contributed by atoms with Crippen LogP contribution < -0.4 is 5.32 Å². The molecule has 124 valence electrons. The zero-order chi connectivity index (χ0) is 15.4. The van der Waals surface area contributed by atoms with Crippen molar-refractivity contribution in [3.05, 3.63) is 18.2 Å². The summed E-state index contributed by atoms with van der Waals surface area (Å²) < 4.78 is 7.75. The highest BCUT2D eigenvalue weighted by molar-refractivity contribution is 5.08. The van der Waals surface area contributed by atoms with E-state index in [1.165, 1.54) is 37.9 Å². The van der Waals surface area contributed by atoms with Crippen molar-refractivity contribution >= 4 is 0 Å². The lowest BCUT2D eigenvalue weighted by Crippen LogP contribution is -2.43. The van der Waals surface area contributed by atoms with Gasteiger partial charge in [0.05, 0.1) is 18.1 Å². The SMILES string of the molecule is CN1CCC[C@@H](CNC2CCCOCC2)[C@@H]1c1cncn1C. The van der Waals surface area contributed by atoms with Gasteiger partial charge >= 0.3 is 0 Å². The highest BCUT2D eigenvalue weighted by atomic mass is 16.5. The van der Waals surface area contributed by atoms with E-state index in [0.717, 1.165) is 26.2 Å². The lowest BCUT2D eigenvalue weighted by molar-refractivity contribution is 0.110. The van der Waals surface area contributed by atoms with Crippen molar-refractivity contribution in [2.24, 2.45) is 13.0 Å². The van der Waals surface area contributed by atoms with Crippen LogP contribution in [0.15, 0.2) is 12.5 Å². The van der Waals surface area contributed by atoms with E-state index in [-0.39, 0.29) is 0 Å². The number of likely N-dealkylation sites (tertiary alicyclic amines) is 1. The Kier molecular flexibility index (Phi) is 5.50. The number of rotatable bonds is 4. The van der Waals surface area contributed by atoms with E-state index in [0.29, 0.717) is 18.0 Å². The molecule has 3 rings (SSSR count). The topological polar surface area (TPSA) is 42.3 Å². The van der Waals surface area contributed by atoms with Gasteiger partial charge in [-0.15, -0.1) is 0 Å². The number of piperidine rings is 1. The Morgan fingerprint density at radius 1 is 1.23 bits per heavy atom. The summed E-state index contributed by atoms with van der Waals surface area (Å²) in [6.45, 7) is 4.13. The Balaban J connectivity index is 1.63. The van der Waals surface area contributed by atoms with Crippen LogP contribution in [0.25, 0.3) is 0 Å². The zero-order valence-electron chi connectivity index (χ0n) is 14.0. The van der Waals surface area contributed by atoms with E-state index in [2.05, 4.69) is 33.9 Å². The third-order valence-corrected chi connectivity index (χ3v) is 5.28. The van der Waals surface area contributed by atoms with Gasteiger partial charge in [0, 0.05) is 39.0 Å². The third kappa shape index (κ3) is 3.70. The van der Waals surface area contributed by atoms with Crippen LogP contribution in [-0.4, -0.2) is 53.8 Å². The molecule has 1 unspecified atom stereocenters. The van der Waals surface area contributed by atoms with Gasteiger partial charge in [0.2, 0.25) is 0 Å². The number of aromatic nitrogens is 2. The molecule has 2 aliphatic heterocycles. The molecule has 5 heteroatoms. The lowest BCUT2D eigenvalue weighted by atomic mass is 9.87. The number of imidazole rings is 1. The fourth-order valence-electron chi connectivity index (χ4n) is 4.02. The Bertz CT molecular complexity index is 453. The molecular formula is C17H30N4O. The molecule has 3 heterocycles. The highest BCUT2D eigenvalue weighted by Crippen LogP contribution is 2.34. The predicted octanol–water partition coefficient (Wildman–Crippen LogP) is 1.96. The normalized spacial score (nSPS) is 31.1. The molecule has 1 aromatic rings. The molecule has 3 atom stereocenters. The monoisotopic (exact) mass is 306 g/mol.